The third-order valence-electron chi connectivity index (χ3n) is 2.78. The largest absolute Gasteiger partial charge is 0.497 e. The smallest absolute Gasteiger partial charge is 0.227 e. The van der Waals surface area contributed by atoms with Crippen molar-refractivity contribution in [2.24, 2.45) is 11.8 Å². The summed E-state index contributed by atoms with van der Waals surface area (Å²) in [4.78, 5) is 11.6. The maximum absolute atomic E-state index is 11.6. The topological polar surface area (TPSA) is 38.3 Å². The van der Waals surface area contributed by atoms with Crippen molar-refractivity contribution < 1.29 is 9.53 Å². The monoisotopic (exact) mass is 205 g/mol. The van der Waals surface area contributed by atoms with E-state index in [9.17, 15) is 4.79 Å². The van der Waals surface area contributed by atoms with Crippen LogP contribution in [0.3, 0.4) is 0 Å². The van der Waals surface area contributed by atoms with E-state index in [1.54, 1.807) is 7.11 Å². The summed E-state index contributed by atoms with van der Waals surface area (Å²) in [6.07, 6.45) is 1.01. The number of ether oxygens (including phenoxy) is 1. The number of carbonyl (C=O) groups is 1. The molecular weight excluding hydrogens is 190 g/mol. The van der Waals surface area contributed by atoms with Crippen molar-refractivity contribution in [3.8, 4) is 5.75 Å². The molecule has 3 heteroatoms. The van der Waals surface area contributed by atoms with Gasteiger partial charge in [0.2, 0.25) is 5.91 Å². The first-order chi connectivity index (χ1) is 7.20. The molecule has 1 aliphatic carbocycles. The van der Waals surface area contributed by atoms with Gasteiger partial charge in [-0.05, 0) is 24.5 Å². The third kappa shape index (κ3) is 2.29. The average Bonchev–Trinajstić information content (AvgIpc) is 2.96. The minimum absolute atomic E-state index is 0.121. The maximum Gasteiger partial charge on any atom is 0.227 e. The number of nitrogens with one attached hydrogen (secondary N) is 1. The Bertz CT molecular complexity index is 376. The summed E-state index contributed by atoms with van der Waals surface area (Å²) < 4.78 is 5.08. The lowest BCUT2D eigenvalue weighted by Crippen LogP contribution is -2.14. The molecule has 0 bridgehead atoms. The number of benzene rings is 1. The summed E-state index contributed by atoms with van der Waals surface area (Å²) in [5, 5.41) is 2.89. The van der Waals surface area contributed by atoms with Gasteiger partial charge in [0.1, 0.15) is 5.75 Å². The van der Waals surface area contributed by atoms with Gasteiger partial charge in [-0.1, -0.05) is 13.0 Å². The Hall–Kier alpha value is -1.51. The fourth-order valence-corrected chi connectivity index (χ4v) is 1.62. The molecule has 1 saturated carbocycles. The van der Waals surface area contributed by atoms with Crippen LogP contribution in [-0.4, -0.2) is 13.0 Å². The van der Waals surface area contributed by atoms with Crippen LogP contribution in [0.1, 0.15) is 13.3 Å². The van der Waals surface area contributed by atoms with E-state index in [0.717, 1.165) is 17.9 Å². The number of anilines is 1. The van der Waals surface area contributed by atoms with Crippen LogP contribution in [0.2, 0.25) is 0 Å². The Morgan fingerprint density at radius 2 is 2.27 bits per heavy atom. The Morgan fingerprint density at radius 3 is 2.87 bits per heavy atom. The SMILES string of the molecule is COc1cccc(NC(=O)C2CC2C)c1. The van der Waals surface area contributed by atoms with Crippen LogP contribution >= 0.6 is 0 Å². The quantitative estimate of drug-likeness (QED) is 0.822. The molecule has 2 atom stereocenters. The summed E-state index contributed by atoms with van der Waals surface area (Å²) in [5.74, 6) is 1.62. The van der Waals surface area contributed by atoms with E-state index >= 15 is 0 Å². The summed E-state index contributed by atoms with van der Waals surface area (Å²) in [7, 11) is 1.61. The van der Waals surface area contributed by atoms with Gasteiger partial charge < -0.3 is 10.1 Å². The summed E-state index contributed by atoms with van der Waals surface area (Å²) >= 11 is 0. The first-order valence-electron chi connectivity index (χ1n) is 5.15. The van der Waals surface area contributed by atoms with Crippen LogP contribution in [0, 0.1) is 11.8 Å². The highest BCUT2D eigenvalue weighted by molar-refractivity contribution is 5.94. The van der Waals surface area contributed by atoms with E-state index in [2.05, 4.69) is 12.2 Å². The van der Waals surface area contributed by atoms with E-state index in [1.165, 1.54) is 0 Å². The molecule has 1 amide bonds. The second-order valence-corrected chi connectivity index (χ2v) is 4.04. The van der Waals surface area contributed by atoms with Gasteiger partial charge in [-0.3, -0.25) is 4.79 Å². The lowest BCUT2D eigenvalue weighted by molar-refractivity contribution is -0.117. The molecule has 2 rings (SSSR count). The van der Waals surface area contributed by atoms with E-state index < -0.39 is 0 Å². The molecule has 1 N–H and O–H groups in total. The highest BCUT2D eigenvalue weighted by atomic mass is 16.5. The summed E-state index contributed by atoms with van der Waals surface area (Å²) in [5.41, 5.74) is 0.804. The van der Waals surface area contributed by atoms with Crippen molar-refractivity contribution in [2.75, 3.05) is 12.4 Å². The van der Waals surface area contributed by atoms with Gasteiger partial charge in [0, 0.05) is 17.7 Å². The molecule has 0 radical (unpaired) electrons. The van der Waals surface area contributed by atoms with Gasteiger partial charge in [0.05, 0.1) is 7.11 Å². The molecule has 1 aromatic rings. The molecule has 3 nitrogen and oxygen atoms in total. The number of methoxy groups -OCH3 is 1. The molecule has 1 fully saturated rings. The number of carbonyl (C=O) groups excluding carboxylic acids is 1. The lowest BCUT2D eigenvalue weighted by atomic mass is 10.2. The second kappa shape index (κ2) is 3.93. The number of hydrogen-bond acceptors (Lipinski definition) is 2. The molecule has 0 spiro atoms. The van der Waals surface area contributed by atoms with Crippen LogP contribution in [0.15, 0.2) is 24.3 Å². The molecule has 0 aromatic heterocycles. The highest BCUT2D eigenvalue weighted by Gasteiger charge is 2.38. The van der Waals surface area contributed by atoms with E-state index in [-0.39, 0.29) is 11.8 Å². The Kier molecular flexibility index (Phi) is 2.62. The van der Waals surface area contributed by atoms with Crippen molar-refractivity contribution in [1.82, 2.24) is 0 Å². The van der Waals surface area contributed by atoms with Crippen LogP contribution < -0.4 is 10.1 Å². The molecule has 15 heavy (non-hydrogen) atoms. The molecule has 1 aromatic carbocycles. The summed E-state index contributed by atoms with van der Waals surface area (Å²) in [6.45, 7) is 2.09. The molecule has 80 valence electrons. The van der Waals surface area contributed by atoms with Crippen molar-refractivity contribution in [2.45, 2.75) is 13.3 Å². The zero-order valence-electron chi connectivity index (χ0n) is 8.99. The average molecular weight is 205 g/mol. The molecule has 2 unspecified atom stereocenters. The van der Waals surface area contributed by atoms with Crippen molar-refractivity contribution >= 4 is 11.6 Å². The zero-order chi connectivity index (χ0) is 10.8. The molecule has 1 aliphatic rings. The molecule has 0 heterocycles. The standard InChI is InChI=1S/C12H15NO2/c1-8-6-11(8)12(14)13-9-4-3-5-10(7-9)15-2/h3-5,7-8,11H,6H2,1-2H3,(H,13,14). The normalized spacial score (nSPS) is 23.3. The van der Waals surface area contributed by atoms with Gasteiger partial charge >= 0.3 is 0 Å². The van der Waals surface area contributed by atoms with Gasteiger partial charge in [0.15, 0.2) is 0 Å². The number of hydrogen-bond donors (Lipinski definition) is 1. The first-order valence-corrected chi connectivity index (χ1v) is 5.15. The molecular formula is C12H15NO2. The van der Waals surface area contributed by atoms with Crippen molar-refractivity contribution in [1.29, 1.82) is 0 Å². The zero-order valence-corrected chi connectivity index (χ0v) is 8.99. The number of amides is 1. The van der Waals surface area contributed by atoms with Crippen LogP contribution in [0.5, 0.6) is 5.75 Å². The Labute approximate surface area is 89.4 Å². The van der Waals surface area contributed by atoms with Crippen LogP contribution in [0.4, 0.5) is 5.69 Å². The van der Waals surface area contributed by atoms with Gasteiger partial charge in [-0.2, -0.15) is 0 Å². The van der Waals surface area contributed by atoms with E-state index in [0.29, 0.717) is 5.92 Å². The van der Waals surface area contributed by atoms with Gasteiger partial charge in [-0.15, -0.1) is 0 Å². The van der Waals surface area contributed by atoms with Gasteiger partial charge in [-0.25, -0.2) is 0 Å². The predicted molar refractivity (Wildman–Crippen MR) is 58.9 cm³/mol. The van der Waals surface area contributed by atoms with Gasteiger partial charge in [0.25, 0.3) is 0 Å². The Morgan fingerprint density at radius 1 is 1.53 bits per heavy atom. The molecule has 0 saturated heterocycles. The molecule has 0 aliphatic heterocycles. The lowest BCUT2D eigenvalue weighted by Gasteiger charge is -2.06. The van der Waals surface area contributed by atoms with Crippen LogP contribution in [-0.2, 0) is 4.79 Å². The number of rotatable bonds is 3. The second-order valence-electron chi connectivity index (χ2n) is 4.04. The summed E-state index contributed by atoms with van der Waals surface area (Å²) in [6, 6.07) is 7.42. The van der Waals surface area contributed by atoms with Crippen molar-refractivity contribution in [3.63, 3.8) is 0 Å². The third-order valence-corrected chi connectivity index (χ3v) is 2.78. The van der Waals surface area contributed by atoms with E-state index in [1.807, 2.05) is 24.3 Å². The minimum atomic E-state index is 0.121. The maximum atomic E-state index is 11.6. The predicted octanol–water partition coefficient (Wildman–Crippen LogP) is 2.29. The van der Waals surface area contributed by atoms with Crippen molar-refractivity contribution in [3.05, 3.63) is 24.3 Å². The fourth-order valence-electron chi connectivity index (χ4n) is 1.62. The highest BCUT2D eigenvalue weighted by Crippen LogP contribution is 2.38. The van der Waals surface area contributed by atoms with E-state index in [4.69, 9.17) is 4.74 Å². The fraction of sp³-hybridized carbons (Fsp3) is 0.417. The van der Waals surface area contributed by atoms with Crippen LogP contribution in [0.25, 0.3) is 0 Å². The Balaban J connectivity index is 2.00. The first kappa shape index (κ1) is 10.0. The minimum Gasteiger partial charge on any atom is -0.497 e.